The van der Waals surface area contributed by atoms with E-state index in [4.69, 9.17) is 19.9 Å². The average Bonchev–Trinajstić information content (AvgIpc) is 2.44. The van der Waals surface area contributed by atoms with Crippen molar-refractivity contribution in [3.8, 4) is 5.75 Å². The highest BCUT2D eigenvalue weighted by Crippen LogP contribution is 2.19. The van der Waals surface area contributed by atoms with Crippen LogP contribution in [0.2, 0.25) is 0 Å². The lowest BCUT2D eigenvalue weighted by molar-refractivity contribution is 0.0538. The van der Waals surface area contributed by atoms with Crippen molar-refractivity contribution in [2.75, 3.05) is 33.5 Å². The molecule has 0 heterocycles. The van der Waals surface area contributed by atoms with Crippen LogP contribution in [-0.2, 0) is 15.9 Å². The zero-order valence-electron chi connectivity index (χ0n) is 12.2. The van der Waals surface area contributed by atoms with Crippen molar-refractivity contribution in [1.29, 1.82) is 0 Å². The van der Waals surface area contributed by atoms with Crippen molar-refractivity contribution in [3.63, 3.8) is 0 Å². The van der Waals surface area contributed by atoms with Crippen molar-refractivity contribution in [2.24, 2.45) is 5.73 Å². The van der Waals surface area contributed by atoms with Crippen LogP contribution < -0.4 is 10.5 Å². The molecule has 0 aliphatic heterocycles. The Labute approximate surface area is 120 Å². The molecule has 0 fully saturated rings. The van der Waals surface area contributed by atoms with Gasteiger partial charge in [-0.1, -0.05) is 13.0 Å². The fraction of sp³-hybridized carbons (Fsp3) is 0.600. The van der Waals surface area contributed by atoms with Gasteiger partial charge < -0.3 is 19.9 Å². The topological polar surface area (TPSA) is 53.7 Å². The Hall–Kier alpha value is -1.17. The first-order valence-corrected chi connectivity index (χ1v) is 6.90. The molecule has 4 nitrogen and oxygen atoms in total. The van der Waals surface area contributed by atoms with Gasteiger partial charge in [0.25, 0.3) is 0 Å². The molecule has 1 aromatic carbocycles. The minimum absolute atomic E-state index is 0.0651. The molecule has 0 aromatic heterocycles. The second kappa shape index (κ2) is 9.69. The quantitative estimate of drug-likeness (QED) is 0.669. The first kappa shape index (κ1) is 16.9. The molecule has 0 spiro atoms. The summed E-state index contributed by atoms with van der Waals surface area (Å²) in [5, 5.41) is 0. The van der Waals surface area contributed by atoms with Gasteiger partial charge in [-0.15, -0.1) is 0 Å². The second-order valence-corrected chi connectivity index (χ2v) is 4.59. The van der Waals surface area contributed by atoms with E-state index in [2.05, 4.69) is 0 Å². The fourth-order valence-electron chi connectivity index (χ4n) is 1.69. The molecule has 5 heteroatoms. The summed E-state index contributed by atoms with van der Waals surface area (Å²) in [6.07, 6.45) is 1.55. The first-order chi connectivity index (χ1) is 9.67. The number of halogens is 1. The van der Waals surface area contributed by atoms with E-state index in [1.807, 2.05) is 13.0 Å². The smallest absolute Gasteiger partial charge is 0.165 e. The predicted octanol–water partition coefficient (Wildman–Crippen LogP) is 2.15. The van der Waals surface area contributed by atoms with Crippen LogP contribution in [0.15, 0.2) is 18.2 Å². The summed E-state index contributed by atoms with van der Waals surface area (Å²) in [5.74, 6) is -0.114. The third-order valence-electron chi connectivity index (χ3n) is 2.94. The highest BCUT2D eigenvalue weighted by Gasteiger charge is 2.07. The van der Waals surface area contributed by atoms with Crippen molar-refractivity contribution < 1.29 is 18.6 Å². The monoisotopic (exact) mass is 285 g/mol. The Morgan fingerprint density at radius 3 is 2.60 bits per heavy atom. The fourth-order valence-corrected chi connectivity index (χ4v) is 1.69. The molecule has 2 N–H and O–H groups in total. The molecule has 0 aliphatic rings. The van der Waals surface area contributed by atoms with Gasteiger partial charge in [0.2, 0.25) is 0 Å². The normalized spacial score (nSPS) is 12.4. The summed E-state index contributed by atoms with van der Waals surface area (Å²) in [7, 11) is 1.61. The Balaban J connectivity index is 2.36. The van der Waals surface area contributed by atoms with Gasteiger partial charge in [-0.3, -0.25) is 0 Å². The van der Waals surface area contributed by atoms with Crippen LogP contribution >= 0.6 is 0 Å². The number of rotatable bonds is 10. The zero-order chi connectivity index (χ0) is 14.8. The number of ether oxygens (including phenoxy) is 3. The standard InChI is InChI=1S/C15H24FNO3/c1-3-13(17)10-12-4-5-15(14(16)11-12)20-9-8-19-7-6-18-2/h4-5,11,13H,3,6-10,17H2,1-2H3. The molecule has 1 atom stereocenters. The van der Waals surface area contributed by atoms with E-state index in [0.717, 1.165) is 12.0 Å². The van der Waals surface area contributed by atoms with Gasteiger partial charge in [0.1, 0.15) is 6.61 Å². The van der Waals surface area contributed by atoms with Gasteiger partial charge in [0.05, 0.1) is 19.8 Å². The van der Waals surface area contributed by atoms with Crippen LogP contribution in [0, 0.1) is 5.82 Å². The summed E-state index contributed by atoms with van der Waals surface area (Å²) in [6, 6.07) is 5.04. The van der Waals surface area contributed by atoms with Crippen molar-refractivity contribution in [2.45, 2.75) is 25.8 Å². The Kier molecular flexibility index (Phi) is 8.18. The number of benzene rings is 1. The van der Waals surface area contributed by atoms with E-state index < -0.39 is 0 Å². The lowest BCUT2D eigenvalue weighted by Gasteiger charge is -2.11. The van der Waals surface area contributed by atoms with E-state index in [1.54, 1.807) is 13.2 Å². The van der Waals surface area contributed by atoms with E-state index in [1.165, 1.54) is 6.07 Å². The van der Waals surface area contributed by atoms with E-state index in [-0.39, 0.29) is 17.6 Å². The number of hydrogen-bond acceptors (Lipinski definition) is 4. The van der Waals surface area contributed by atoms with Crippen molar-refractivity contribution in [1.82, 2.24) is 0 Å². The molecular formula is C15H24FNO3. The minimum Gasteiger partial charge on any atom is -0.488 e. The first-order valence-electron chi connectivity index (χ1n) is 6.90. The molecule has 0 saturated carbocycles. The van der Waals surface area contributed by atoms with Crippen molar-refractivity contribution >= 4 is 0 Å². The van der Waals surface area contributed by atoms with Gasteiger partial charge in [0.15, 0.2) is 11.6 Å². The van der Waals surface area contributed by atoms with Gasteiger partial charge in [-0.25, -0.2) is 4.39 Å². The van der Waals surface area contributed by atoms with E-state index >= 15 is 0 Å². The summed E-state index contributed by atoms with van der Waals surface area (Å²) < 4.78 is 29.2. The molecule has 0 aliphatic carbocycles. The number of hydrogen-bond donors (Lipinski definition) is 1. The molecule has 0 amide bonds. The molecule has 20 heavy (non-hydrogen) atoms. The summed E-state index contributed by atoms with van der Waals surface area (Å²) >= 11 is 0. The van der Waals surface area contributed by atoms with E-state index in [0.29, 0.717) is 32.8 Å². The van der Waals surface area contributed by atoms with Crippen LogP contribution in [0.25, 0.3) is 0 Å². The lowest BCUT2D eigenvalue weighted by atomic mass is 10.0. The summed E-state index contributed by atoms with van der Waals surface area (Å²) in [5.41, 5.74) is 6.74. The highest BCUT2D eigenvalue weighted by molar-refractivity contribution is 5.29. The molecule has 0 bridgehead atoms. The van der Waals surface area contributed by atoms with Crippen LogP contribution in [-0.4, -0.2) is 39.6 Å². The van der Waals surface area contributed by atoms with Crippen molar-refractivity contribution in [3.05, 3.63) is 29.6 Å². The molecular weight excluding hydrogens is 261 g/mol. The average molecular weight is 285 g/mol. The zero-order valence-corrected chi connectivity index (χ0v) is 12.2. The maximum atomic E-state index is 13.8. The van der Waals surface area contributed by atoms with Crippen LogP contribution in [0.3, 0.4) is 0 Å². The summed E-state index contributed by atoms with van der Waals surface area (Å²) in [6.45, 7) is 3.79. The number of methoxy groups -OCH3 is 1. The van der Waals surface area contributed by atoms with Gasteiger partial charge in [0, 0.05) is 13.2 Å². The minimum atomic E-state index is -0.359. The maximum Gasteiger partial charge on any atom is 0.165 e. The van der Waals surface area contributed by atoms with Gasteiger partial charge >= 0.3 is 0 Å². The Morgan fingerprint density at radius 1 is 1.20 bits per heavy atom. The molecule has 0 saturated heterocycles. The Bertz CT molecular complexity index is 387. The van der Waals surface area contributed by atoms with Crippen LogP contribution in [0.4, 0.5) is 4.39 Å². The SMILES string of the molecule is CCC(N)Cc1ccc(OCCOCCOC)c(F)c1. The maximum absolute atomic E-state index is 13.8. The summed E-state index contributed by atoms with van der Waals surface area (Å²) in [4.78, 5) is 0. The second-order valence-electron chi connectivity index (χ2n) is 4.59. The predicted molar refractivity (Wildman–Crippen MR) is 76.6 cm³/mol. The van der Waals surface area contributed by atoms with E-state index in [9.17, 15) is 4.39 Å². The van der Waals surface area contributed by atoms with Gasteiger partial charge in [-0.2, -0.15) is 0 Å². The Morgan fingerprint density at radius 2 is 1.95 bits per heavy atom. The highest BCUT2D eigenvalue weighted by atomic mass is 19.1. The molecule has 114 valence electrons. The van der Waals surface area contributed by atoms with Gasteiger partial charge in [-0.05, 0) is 30.5 Å². The van der Waals surface area contributed by atoms with Crippen LogP contribution in [0.5, 0.6) is 5.75 Å². The third kappa shape index (κ3) is 6.32. The molecule has 1 rings (SSSR count). The molecule has 1 unspecified atom stereocenters. The number of nitrogens with two attached hydrogens (primary N) is 1. The third-order valence-corrected chi connectivity index (χ3v) is 2.94. The molecule has 1 aromatic rings. The lowest BCUT2D eigenvalue weighted by Crippen LogP contribution is -2.21. The largest absolute Gasteiger partial charge is 0.488 e. The molecule has 0 radical (unpaired) electrons. The van der Waals surface area contributed by atoms with Crippen LogP contribution in [0.1, 0.15) is 18.9 Å².